The molecule has 2 aromatic heterocycles. The molecule has 3 aromatic carbocycles. The van der Waals surface area contributed by atoms with E-state index >= 15 is 4.39 Å². The lowest BCUT2D eigenvalue weighted by Gasteiger charge is -2.13. The molecule has 0 spiro atoms. The van der Waals surface area contributed by atoms with E-state index in [2.05, 4.69) is 29.0 Å². The van der Waals surface area contributed by atoms with Gasteiger partial charge < -0.3 is 14.2 Å². The molecule has 0 fully saturated rings. The van der Waals surface area contributed by atoms with Crippen LogP contribution in [0.5, 0.6) is 23.0 Å². The summed E-state index contributed by atoms with van der Waals surface area (Å²) in [5, 5.41) is 0.636. The number of unbranched alkanes of at least 4 members (excludes halogenated alkanes) is 1. The van der Waals surface area contributed by atoms with Gasteiger partial charge in [-0.1, -0.05) is 43.7 Å². The fourth-order valence-electron chi connectivity index (χ4n) is 4.56. The van der Waals surface area contributed by atoms with Crippen LogP contribution in [0.1, 0.15) is 30.9 Å². The normalized spacial score (nSPS) is 11.0. The number of nitrogens with zero attached hydrogens (tertiary/aromatic N) is 3. The average molecular weight is 540 g/mol. The Kier molecular flexibility index (Phi) is 8.05. The maximum absolute atomic E-state index is 15.3. The van der Waals surface area contributed by atoms with E-state index in [0.717, 1.165) is 24.8 Å². The van der Waals surface area contributed by atoms with Gasteiger partial charge in [-0.05, 0) is 53.8 Å². The molecular formula is C32H30FN3O4. The molecule has 0 bridgehead atoms. The van der Waals surface area contributed by atoms with Gasteiger partial charge in [0.15, 0.2) is 23.1 Å². The number of aryl methyl sites for hydroxylation is 1. The van der Waals surface area contributed by atoms with Crippen molar-refractivity contribution in [3.8, 4) is 34.1 Å². The van der Waals surface area contributed by atoms with Gasteiger partial charge in [0.2, 0.25) is 0 Å². The zero-order valence-electron chi connectivity index (χ0n) is 22.7. The quantitative estimate of drug-likeness (QED) is 0.194. The minimum absolute atomic E-state index is 0.0124. The number of aromatic nitrogens is 3. The van der Waals surface area contributed by atoms with Crippen LogP contribution in [-0.4, -0.2) is 28.8 Å². The number of pyridine rings is 1. The Morgan fingerprint density at radius 1 is 0.875 bits per heavy atom. The lowest BCUT2D eigenvalue weighted by molar-refractivity contribution is 0.355. The second-order valence-electron chi connectivity index (χ2n) is 9.44. The highest BCUT2D eigenvalue weighted by molar-refractivity contribution is 5.88. The Hall–Kier alpha value is -4.72. The van der Waals surface area contributed by atoms with E-state index in [1.54, 1.807) is 37.6 Å². The van der Waals surface area contributed by atoms with Crippen LogP contribution in [0.2, 0.25) is 0 Å². The second-order valence-corrected chi connectivity index (χ2v) is 9.44. The maximum Gasteiger partial charge on any atom is 0.261 e. The maximum atomic E-state index is 15.3. The molecule has 0 atom stereocenters. The highest BCUT2D eigenvalue weighted by Crippen LogP contribution is 2.37. The summed E-state index contributed by atoms with van der Waals surface area (Å²) in [4.78, 5) is 21.9. The number of hydrogen-bond acceptors (Lipinski definition) is 6. The van der Waals surface area contributed by atoms with Crippen LogP contribution < -0.4 is 19.8 Å². The SMILES string of the molecule is CCCCc1ccc(Cn2cncc(-c3ccc(Oc4ccnc5cc(OC)c(OC)cc45)c(F)c3)c2=O)cc1. The van der Waals surface area contributed by atoms with Crippen molar-refractivity contribution in [2.24, 2.45) is 0 Å². The van der Waals surface area contributed by atoms with Crippen LogP contribution in [0.15, 0.2) is 84.2 Å². The molecule has 8 heteroatoms. The van der Waals surface area contributed by atoms with Crippen molar-refractivity contribution < 1.29 is 18.6 Å². The molecular weight excluding hydrogens is 509 g/mol. The Morgan fingerprint density at radius 3 is 2.35 bits per heavy atom. The molecule has 2 heterocycles. The number of fused-ring (bicyclic) bond motifs is 1. The van der Waals surface area contributed by atoms with Gasteiger partial charge in [0.1, 0.15) is 5.75 Å². The van der Waals surface area contributed by atoms with E-state index in [0.29, 0.717) is 45.8 Å². The first-order valence-corrected chi connectivity index (χ1v) is 13.1. The highest BCUT2D eigenvalue weighted by Gasteiger charge is 2.15. The number of benzene rings is 3. The van der Waals surface area contributed by atoms with Gasteiger partial charge in [0.25, 0.3) is 5.56 Å². The predicted molar refractivity (Wildman–Crippen MR) is 153 cm³/mol. The summed E-state index contributed by atoms with van der Waals surface area (Å²) < 4.78 is 33.5. The van der Waals surface area contributed by atoms with Gasteiger partial charge >= 0.3 is 0 Å². The van der Waals surface area contributed by atoms with Crippen molar-refractivity contribution in [1.29, 1.82) is 0 Å². The van der Waals surface area contributed by atoms with Crippen LogP contribution in [0.25, 0.3) is 22.0 Å². The summed E-state index contributed by atoms with van der Waals surface area (Å²) in [7, 11) is 3.08. The molecule has 40 heavy (non-hydrogen) atoms. The Balaban J connectivity index is 1.39. The van der Waals surface area contributed by atoms with Gasteiger partial charge in [0, 0.05) is 23.8 Å². The summed E-state index contributed by atoms with van der Waals surface area (Å²) in [6, 6.07) is 17.8. The molecule has 0 radical (unpaired) electrons. The number of ether oxygens (including phenoxy) is 3. The molecule has 0 saturated heterocycles. The van der Waals surface area contributed by atoms with Gasteiger partial charge in [-0.15, -0.1) is 0 Å². The molecule has 5 aromatic rings. The van der Waals surface area contributed by atoms with Crippen molar-refractivity contribution in [1.82, 2.24) is 14.5 Å². The Morgan fingerprint density at radius 2 is 1.62 bits per heavy atom. The van der Waals surface area contributed by atoms with E-state index in [1.807, 2.05) is 12.1 Å². The fourth-order valence-corrected chi connectivity index (χ4v) is 4.56. The zero-order chi connectivity index (χ0) is 28.1. The van der Waals surface area contributed by atoms with Gasteiger partial charge in [-0.2, -0.15) is 0 Å². The van der Waals surface area contributed by atoms with Gasteiger partial charge in [0.05, 0.1) is 38.2 Å². The molecule has 0 aliphatic heterocycles. The third-order valence-corrected chi connectivity index (χ3v) is 6.77. The largest absolute Gasteiger partial charge is 0.493 e. The van der Waals surface area contributed by atoms with Crippen molar-refractivity contribution in [2.75, 3.05) is 14.2 Å². The standard InChI is InChI=1S/C32H30FN3O4/c1-4-5-6-21-7-9-22(10-8-21)19-36-20-34-18-25(32(36)37)23-11-12-29(26(33)15-23)40-28-13-14-35-27-17-31(39-3)30(38-2)16-24(27)28/h7-18,20H,4-6,19H2,1-3H3. The molecule has 5 rings (SSSR count). The minimum atomic E-state index is -0.611. The molecule has 7 nitrogen and oxygen atoms in total. The van der Waals surface area contributed by atoms with Crippen LogP contribution in [0, 0.1) is 5.82 Å². The first kappa shape index (κ1) is 26.9. The monoisotopic (exact) mass is 539 g/mol. The molecule has 204 valence electrons. The van der Waals surface area contributed by atoms with Gasteiger partial charge in [-0.3, -0.25) is 14.3 Å². The Labute approximate surface area is 231 Å². The minimum Gasteiger partial charge on any atom is -0.493 e. The lowest BCUT2D eigenvalue weighted by atomic mass is 10.1. The van der Waals surface area contributed by atoms with Crippen LogP contribution in [0.3, 0.4) is 0 Å². The van der Waals surface area contributed by atoms with E-state index in [1.165, 1.54) is 41.9 Å². The number of halogens is 1. The fraction of sp³-hybridized carbons (Fsp3) is 0.219. The number of rotatable bonds is 10. The van der Waals surface area contributed by atoms with E-state index in [9.17, 15) is 4.79 Å². The van der Waals surface area contributed by atoms with Crippen LogP contribution >= 0.6 is 0 Å². The molecule has 0 unspecified atom stereocenters. The first-order chi connectivity index (χ1) is 19.5. The van der Waals surface area contributed by atoms with E-state index in [4.69, 9.17) is 14.2 Å². The summed E-state index contributed by atoms with van der Waals surface area (Å²) in [5.74, 6) is 0.839. The molecule has 0 N–H and O–H groups in total. The molecule has 0 amide bonds. The predicted octanol–water partition coefficient (Wildman–Crippen LogP) is 6.80. The van der Waals surface area contributed by atoms with E-state index in [-0.39, 0.29) is 11.3 Å². The third kappa shape index (κ3) is 5.66. The third-order valence-electron chi connectivity index (χ3n) is 6.77. The van der Waals surface area contributed by atoms with Crippen molar-refractivity contribution in [3.05, 3.63) is 107 Å². The summed E-state index contributed by atoms with van der Waals surface area (Å²) in [6.07, 6.45) is 7.87. The average Bonchev–Trinajstić information content (AvgIpc) is 2.98. The Bertz CT molecular complexity index is 1700. The molecule has 0 aliphatic carbocycles. The second kappa shape index (κ2) is 12.0. The van der Waals surface area contributed by atoms with Crippen LogP contribution in [0.4, 0.5) is 4.39 Å². The first-order valence-electron chi connectivity index (χ1n) is 13.1. The van der Waals surface area contributed by atoms with Gasteiger partial charge in [-0.25, -0.2) is 9.37 Å². The molecule has 0 saturated carbocycles. The highest BCUT2D eigenvalue weighted by atomic mass is 19.1. The number of hydrogen-bond donors (Lipinski definition) is 0. The zero-order valence-corrected chi connectivity index (χ0v) is 22.7. The summed E-state index contributed by atoms with van der Waals surface area (Å²) in [5.41, 5.74) is 3.35. The smallest absolute Gasteiger partial charge is 0.261 e. The van der Waals surface area contributed by atoms with Crippen molar-refractivity contribution in [3.63, 3.8) is 0 Å². The van der Waals surface area contributed by atoms with Crippen molar-refractivity contribution in [2.45, 2.75) is 32.7 Å². The lowest BCUT2D eigenvalue weighted by Crippen LogP contribution is -2.22. The van der Waals surface area contributed by atoms with Crippen molar-refractivity contribution >= 4 is 10.9 Å². The topological polar surface area (TPSA) is 75.5 Å². The van der Waals surface area contributed by atoms with E-state index < -0.39 is 5.82 Å². The summed E-state index contributed by atoms with van der Waals surface area (Å²) in [6.45, 7) is 2.55. The molecule has 0 aliphatic rings. The summed E-state index contributed by atoms with van der Waals surface area (Å²) >= 11 is 0. The number of methoxy groups -OCH3 is 2. The van der Waals surface area contributed by atoms with Crippen LogP contribution in [-0.2, 0) is 13.0 Å².